The van der Waals surface area contributed by atoms with Crippen molar-refractivity contribution in [3.05, 3.63) is 35.6 Å². The minimum Gasteiger partial charge on any atom is -0.464 e. The van der Waals surface area contributed by atoms with Gasteiger partial charge in [0.05, 0.1) is 6.61 Å². The van der Waals surface area contributed by atoms with Gasteiger partial charge in [-0.05, 0) is 37.5 Å². The molecule has 0 aliphatic carbocycles. The van der Waals surface area contributed by atoms with Gasteiger partial charge in [-0.2, -0.15) is 0 Å². The Hall–Kier alpha value is -1.71. The fraction of sp³-hybridized carbons (Fsp3) is 0.385. The number of carbonyl (C=O) groups is 1. The summed E-state index contributed by atoms with van der Waals surface area (Å²) in [6.45, 7) is 2.13. The summed E-state index contributed by atoms with van der Waals surface area (Å²) in [4.78, 5) is 15.8. The van der Waals surface area contributed by atoms with Crippen LogP contribution in [0.15, 0.2) is 29.3 Å². The number of aliphatic imine (C=N–C) groups is 1. The summed E-state index contributed by atoms with van der Waals surface area (Å²) in [6, 6.07) is 5.85. The van der Waals surface area contributed by atoms with Crippen LogP contribution in [-0.2, 0) is 9.53 Å². The predicted octanol–water partition coefficient (Wildman–Crippen LogP) is 2.34. The van der Waals surface area contributed by atoms with Gasteiger partial charge in [0.15, 0.2) is 0 Å². The molecule has 1 aromatic carbocycles. The first kappa shape index (κ1) is 11.8. The maximum atomic E-state index is 13.1. The Bertz CT molecular complexity index is 456. The van der Waals surface area contributed by atoms with Crippen LogP contribution in [0.4, 0.5) is 4.39 Å². The van der Waals surface area contributed by atoms with Crippen LogP contribution in [0.2, 0.25) is 0 Å². The van der Waals surface area contributed by atoms with Crippen LogP contribution in [0.5, 0.6) is 0 Å². The smallest absolute Gasteiger partial charge is 0.330 e. The van der Waals surface area contributed by atoms with Gasteiger partial charge in [-0.25, -0.2) is 9.18 Å². The zero-order chi connectivity index (χ0) is 12.3. The first-order valence-electron chi connectivity index (χ1n) is 5.70. The fourth-order valence-electron chi connectivity index (χ4n) is 1.89. The average Bonchev–Trinajstić information content (AvgIpc) is 2.78. The van der Waals surface area contributed by atoms with Crippen molar-refractivity contribution < 1.29 is 13.9 Å². The lowest BCUT2D eigenvalue weighted by molar-refractivity contribution is -0.144. The van der Waals surface area contributed by atoms with E-state index in [9.17, 15) is 9.18 Å². The molecule has 0 spiro atoms. The maximum Gasteiger partial charge on any atom is 0.330 e. The Labute approximate surface area is 99.3 Å². The first-order valence-corrected chi connectivity index (χ1v) is 5.70. The third kappa shape index (κ3) is 2.70. The zero-order valence-corrected chi connectivity index (χ0v) is 9.65. The summed E-state index contributed by atoms with van der Waals surface area (Å²) in [7, 11) is 0. The molecule has 0 saturated heterocycles. The molecule has 4 heteroatoms. The summed E-state index contributed by atoms with van der Waals surface area (Å²) < 4.78 is 18.0. The van der Waals surface area contributed by atoms with Gasteiger partial charge in [-0.15, -0.1) is 0 Å². The molecule has 3 nitrogen and oxygen atoms in total. The number of hydrogen-bond acceptors (Lipinski definition) is 3. The number of carbonyl (C=O) groups excluding carboxylic acids is 1. The van der Waals surface area contributed by atoms with Crippen molar-refractivity contribution in [2.45, 2.75) is 25.8 Å². The summed E-state index contributed by atoms with van der Waals surface area (Å²) in [5.74, 6) is -0.580. The summed E-state index contributed by atoms with van der Waals surface area (Å²) in [5.41, 5.74) is 1.53. The molecular weight excluding hydrogens is 221 g/mol. The Morgan fingerprint density at radius 2 is 2.41 bits per heavy atom. The largest absolute Gasteiger partial charge is 0.464 e. The van der Waals surface area contributed by atoms with Gasteiger partial charge in [-0.1, -0.05) is 12.1 Å². The molecule has 0 unspecified atom stereocenters. The highest BCUT2D eigenvalue weighted by Crippen LogP contribution is 2.20. The zero-order valence-electron chi connectivity index (χ0n) is 9.65. The van der Waals surface area contributed by atoms with E-state index in [2.05, 4.69) is 4.99 Å². The highest BCUT2D eigenvalue weighted by Gasteiger charge is 2.25. The van der Waals surface area contributed by atoms with Crippen LogP contribution in [0.3, 0.4) is 0 Å². The van der Waals surface area contributed by atoms with Crippen LogP contribution >= 0.6 is 0 Å². The summed E-state index contributed by atoms with van der Waals surface area (Å²) >= 11 is 0. The number of esters is 1. The van der Waals surface area contributed by atoms with Crippen LogP contribution in [-0.4, -0.2) is 24.3 Å². The van der Waals surface area contributed by atoms with Gasteiger partial charge in [0.2, 0.25) is 0 Å². The van der Waals surface area contributed by atoms with Gasteiger partial charge in [0.25, 0.3) is 0 Å². The first-order chi connectivity index (χ1) is 8.20. The number of hydrogen-bond donors (Lipinski definition) is 0. The Kier molecular flexibility index (Phi) is 3.52. The topological polar surface area (TPSA) is 38.7 Å². The number of nitrogens with zero attached hydrogens (tertiary/aromatic N) is 1. The normalized spacial score (nSPS) is 18.9. The standard InChI is InChI=1S/C13H14FNO2/c1-2-17-13(16)12-7-6-11(15-12)9-4-3-5-10(14)8-9/h3-5,8,12H,2,6-7H2,1H3/t12-/m1/s1. The molecule has 0 radical (unpaired) electrons. The second-order valence-electron chi connectivity index (χ2n) is 3.89. The lowest BCUT2D eigenvalue weighted by Gasteiger charge is -2.04. The highest BCUT2D eigenvalue weighted by atomic mass is 19.1. The van der Waals surface area contributed by atoms with Crippen LogP contribution < -0.4 is 0 Å². The van der Waals surface area contributed by atoms with Gasteiger partial charge in [0.1, 0.15) is 11.9 Å². The van der Waals surface area contributed by atoms with Crippen molar-refractivity contribution in [1.29, 1.82) is 0 Å². The molecule has 1 aromatic rings. The molecule has 90 valence electrons. The van der Waals surface area contributed by atoms with Crippen molar-refractivity contribution in [2.24, 2.45) is 4.99 Å². The number of benzene rings is 1. The van der Waals surface area contributed by atoms with Crippen molar-refractivity contribution in [3.8, 4) is 0 Å². The van der Waals surface area contributed by atoms with E-state index in [1.807, 2.05) is 0 Å². The van der Waals surface area contributed by atoms with Crippen molar-refractivity contribution in [3.63, 3.8) is 0 Å². The lowest BCUT2D eigenvalue weighted by Crippen LogP contribution is -2.18. The second-order valence-corrected chi connectivity index (χ2v) is 3.89. The van der Waals surface area contributed by atoms with E-state index < -0.39 is 6.04 Å². The van der Waals surface area contributed by atoms with E-state index in [4.69, 9.17) is 4.74 Å². The lowest BCUT2D eigenvalue weighted by atomic mass is 10.1. The van der Waals surface area contributed by atoms with Crippen LogP contribution in [0, 0.1) is 5.82 Å². The number of ether oxygens (including phenoxy) is 1. The molecule has 17 heavy (non-hydrogen) atoms. The Balaban J connectivity index is 2.14. The minimum absolute atomic E-state index is 0.287. The molecule has 0 fully saturated rings. The quantitative estimate of drug-likeness (QED) is 0.754. The van der Waals surface area contributed by atoms with Crippen LogP contribution in [0.1, 0.15) is 25.3 Å². The molecule has 0 amide bonds. The fourth-order valence-corrected chi connectivity index (χ4v) is 1.89. The van der Waals surface area contributed by atoms with Crippen molar-refractivity contribution >= 4 is 11.7 Å². The summed E-state index contributed by atoms with van der Waals surface area (Å²) in [6.07, 6.45) is 1.33. The Morgan fingerprint density at radius 3 is 3.12 bits per heavy atom. The van der Waals surface area contributed by atoms with Crippen molar-refractivity contribution in [1.82, 2.24) is 0 Å². The minimum atomic E-state index is -0.423. The monoisotopic (exact) mass is 235 g/mol. The SMILES string of the molecule is CCOC(=O)[C@H]1CCC(c2cccc(F)c2)=N1. The molecule has 1 aliphatic heterocycles. The third-order valence-corrected chi connectivity index (χ3v) is 2.68. The molecule has 0 saturated carbocycles. The third-order valence-electron chi connectivity index (χ3n) is 2.68. The van der Waals surface area contributed by atoms with E-state index in [1.165, 1.54) is 12.1 Å². The Morgan fingerprint density at radius 1 is 1.59 bits per heavy atom. The second kappa shape index (κ2) is 5.08. The van der Waals surface area contributed by atoms with E-state index in [1.54, 1.807) is 19.1 Å². The van der Waals surface area contributed by atoms with E-state index in [0.717, 1.165) is 11.3 Å². The van der Waals surface area contributed by atoms with E-state index in [0.29, 0.717) is 19.4 Å². The molecule has 1 atom stereocenters. The van der Waals surface area contributed by atoms with E-state index in [-0.39, 0.29) is 11.8 Å². The van der Waals surface area contributed by atoms with Crippen LogP contribution in [0.25, 0.3) is 0 Å². The van der Waals surface area contributed by atoms with Gasteiger partial charge < -0.3 is 4.74 Å². The molecule has 2 rings (SSSR count). The van der Waals surface area contributed by atoms with Gasteiger partial charge >= 0.3 is 5.97 Å². The predicted molar refractivity (Wildman–Crippen MR) is 62.6 cm³/mol. The average molecular weight is 235 g/mol. The molecule has 0 aromatic heterocycles. The maximum absolute atomic E-state index is 13.1. The molecule has 1 aliphatic rings. The molecule has 1 heterocycles. The summed E-state index contributed by atoms with van der Waals surface area (Å²) in [5, 5.41) is 0. The number of rotatable bonds is 3. The highest BCUT2D eigenvalue weighted by molar-refractivity contribution is 6.03. The van der Waals surface area contributed by atoms with Crippen molar-refractivity contribution in [2.75, 3.05) is 6.61 Å². The number of halogens is 1. The van der Waals surface area contributed by atoms with Gasteiger partial charge in [0, 0.05) is 5.71 Å². The molecular formula is C13H14FNO2. The molecule has 0 bridgehead atoms. The molecule has 0 N–H and O–H groups in total. The van der Waals surface area contributed by atoms with E-state index >= 15 is 0 Å². The van der Waals surface area contributed by atoms with Gasteiger partial charge in [-0.3, -0.25) is 4.99 Å².